The van der Waals surface area contributed by atoms with Crippen molar-refractivity contribution in [2.45, 2.75) is 26.4 Å². The Morgan fingerprint density at radius 2 is 2.04 bits per heavy atom. The number of pyridine rings is 1. The molecule has 0 atom stereocenters. The van der Waals surface area contributed by atoms with E-state index in [1.165, 1.54) is 0 Å². The van der Waals surface area contributed by atoms with E-state index in [9.17, 15) is 22.4 Å². The summed E-state index contributed by atoms with van der Waals surface area (Å²) in [5, 5.41) is 0.135. The molecule has 1 aromatic heterocycles. The topological polar surface area (TPSA) is 51.5 Å². The van der Waals surface area contributed by atoms with Crippen molar-refractivity contribution >= 4 is 22.8 Å². The number of esters is 1. The summed E-state index contributed by atoms with van der Waals surface area (Å²) in [5.41, 5.74) is -2.26. The predicted octanol–water partition coefficient (Wildman–Crippen LogP) is 3.72. The number of hydrogen-bond donors (Lipinski definition) is 0. The highest BCUT2D eigenvalue weighted by Gasteiger charge is 2.41. The summed E-state index contributed by atoms with van der Waals surface area (Å²) in [6, 6.07) is 0. The van der Waals surface area contributed by atoms with E-state index in [0.29, 0.717) is 12.3 Å². The molecule has 1 aliphatic rings. The molecular formula is C15H16F4N2O2S. The van der Waals surface area contributed by atoms with E-state index in [2.05, 4.69) is 14.7 Å². The maximum atomic E-state index is 14.2. The summed E-state index contributed by atoms with van der Waals surface area (Å²) in [6.07, 6.45) is -4.79. The number of thioether (sulfide) groups is 1. The van der Waals surface area contributed by atoms with Gasteiger partial charge in [0.1, 0.15) is 10.6 Å². The number of alkyl halides is 3. The molecule has 0 saturated carbocycles. The summed E-state index contributed by atoms with van der Waals surface area (Å²) in [6.45, 7) is 3.89. The van der Waals surface area contributed by atoms with Crippen molar-refractivity contribution in [3.63, 3.8) is 0 Å². The summed E-state index contributed by atoms with van der Waals surface area (Å²) in [7, 11) is 1.04. The Balaban J connectivity index is 2.85. The Kier molecular flexibility index (Phi) is 5.52. The lowest BCUT2D eigenvalue weighted by atomic mass is 9.93. The molecule has 24 heavy (non-hydrogen) atoms. The zero-order chi connectivity index (χ0) is 18.1. The summed E-state index contributed by atoms with van der Waals surface area (Å²) >= 11 is 1.14. The monoisotopic (exact) mass is 364 g/mol. The van der Waals surface area contributed by atoms with Gasteiger partial charge in [-0.3, -0.25) is 4.99 Å². The molecule has 1 aliphatic heterocycles. The van der Waals surface area contributed by atoms with Crippen LogP contribution >= 0.6 is 11.8 Å². The first-order valence-electron chi connectivity index (χ1n) is 7.22. The summed E-state index contributed by atoms with van der Waals surface area (Å²) in [4.78, 5) is 19.0. The minimum atomic E-state index is -4.86. The number of carbonyl (C=O) groups is 1. The van der Waals surface area contributed by atoms with E-state index in [-0.39, 0.29) is 28.5 Å². The van der Waals surface area contributed by atoms with Gasteiger partial charge in [0.25, 0.3) is 0 Å². The number of methoxy groups -OCH3 is 1. The zero-order valence-corrected chi connectivity index (χ0v) is 14.1. The highest BCUT2D eigenvalue weighted by atomic mass is 32.2. The van der Waals surface area contributed by atoms with E-state index in [1.54, 1.807) is 13.8 Å². The van der Waals surface area contributed by atoms with Crippen LogP contribution in [0.1, 0.15) is 41.0 Å². The molecular weight excluding hydrogens is 348 g/mol. The fraction of sp³-hybridized carbons (Fsp3) is 0.533. The summed E-state index contributed by atoms with van der Waals surface area (Å²) < 4.78 is 59.0. The SMILES string of the molecule is COC(=O)c1c(F)nc(C(F)(F)F)c(C2=NCCS2)c1CC(C)C. The van der Waals surface area contributed by atoms with Gasteiger partial charge < -0.3 is 4.74 Å². The number of nitrogens with zero attached hydrogens (tertiary/aromatic N) is 2. The van der Waals surface area contributed by atoms with Crippen LogP contribution in [0.25, 0.3) is 0 Å². The average molecular weight is 364 g/mol. The second-order valence-corrected chi connectivity index (χ2v) is 6.69. The van der Waals surface area contributed by atoms with Gasteiger partial charge in [-0.15, -0.1) is 11.8 Å². The van der Waals surface area contributed by atoms with Crippen LogP contribution in [-0.2, 0) is 17.3 Å². The Bertz CT molecular complexity index is 687. The third-order valence-electron chi connectivity index (χ3n) is 3.33. The molecule has 0 saturated heterocycles. The molecule has 0 bridgehead atoms. The van der Waals surface area contributed by atoms with Crippen molar-refractivity contribution in [2.75, 3.05) is 19.4 Å². The van der Waals surface area contributed by atoms with E-state index >= 15 is 0 Å². The lowest BCUT2D eigenvalue weighted by Gasteiger charge is -2.20. The van der Waals surface area contributed by atoms with Crippen LogP contribution in [0.4, 0.5) is 17.6 Å². The van der Waals surface area contributed by atoms with Gasteiger partial charge in [-0.05, 0) is 17.9 Å². The molecule has 1 aromatic rings. The Morgan fingerprint density at radius 1 is 1.38 bits per heavy atom. The quantitative estimate of drug-likeness (QED) is 0.464. The standard InChI is InChI=1S/C15H16F4N2O2S/c1-7(2)6-8-9(13-20-4-5-24-13)11(15(17,18)19)21-12(16)10(8)14(22)23-3/h7H,4-6H2,1-3H3. The predicted molar refractivity (Wildman–Crippen MR) is 82.9 cm³/mol. The molecule has 4 nitrogen and oxygen atoms in total. The maximum absolute atomic E-state index is 14.2. The normalized spacial score (nSPS) is 14.9. The smallest absolute Gasteiger partial charge is 0.434 e. The van der Waals surface area contributed by atoms with E-state index in [0.717, 1.165) is 18.9 Å². The van der Waals surface area contributed by atoms with Gasteiger partial charge in [-0.2, -0.15) is 17.6 Å². The minimum absolute atomic E-state index is 0.0511. The number of ether oxygens (including phenoxy) is 1. The number of hydrogen-bond acceptors (Lipinski definition) is 5. The highest BCUT2D eigenvalue weighted by molar-refractivity contribution is 8.14. The third-order valence-corrected chi connectivity index (χ3v) is 4.32. The number of carbonyl (C=O) groups excluding carboxylic acids is 1. The van der Waals surface area contributed by atoms with E-state index in [1.807, 2.05) is 0 Å². The van der Waals surface area contributed by atoms with Gasteiger partial charge in [0.2, 0.25) is 5.95 Å². The van der Waals surface area contributed by atoms with Crippen LogP contribution < -0.4 is 0 Å². The van der Waals surface area contributed by atoms with Crippen LogP contribution in [0.3, 0.4) is 0 Å². The van der Waals surface area contributed by atoms with Crippen LogP contribution in [0.15, 0.2) is 4.99 Å². The van der Waals surface area contributed by atoms with Gasteiger partial charge in [-0.25, -0.2) is 9.78 Å². The van der Waals surface area contributed by atoms with Gasteiger partial charge in [0.05, 0.1) is 7.11 Å². The van der Waals surface area contributed by atoms with Gasteiger partial charge in [-0.1, -0.05) is 13.8 Å². The summed E-state index contributed by atoms with van der Waals surface area (Å²) in [5.74, 6) is -2.10. The maximum Gasteiger partial charge on any atom is 0.434 e. The number of halogens is 4. The Labute approximate surface area is 140 Å². The lowest BCUT2D eigenvalue weighted by molar-refractivity contribution is -0.141. The van der Waals surface area contributed by atoms with Crippen LogP contribution in [0.2, 0.25) is 0 Å². The lowest BCUT2D eigenvalue weighted by Crippen LogP contribution is -2.23. The molecule has 0 spiro atoms. The van der Waals surface area contributed by atoms with Crippen molar-refractivity contribution < 1.29 is 27.1 Å². The molecule has 0 aliphatic carbocycles. The fourth-order valence-electron chi connectivity index (χ4n) is 2.45. The van der Waals surface area contributed by atoms with E-state index in [4.69, 9.17) is 0 Å². The molecule has 0 amide bonds. The minimum Gasteiger partial charge on any atom is -0.465 e. The molecule has 2 rings (SSSR count). The first-order valence-corrected chi connectivity index (χ1v) is 8.20. The van der Waals surface area contributed by atoms with Crippen molar-refractivity contribution in [3.8, 4) is 0 Å². The molecule has 0 aromatic carbocycles. The van der Waals surface area contributed by atoms with Crippen LogP contribution in [-0.4, -0.2) is 35.4 Å². The van der Waals surface area contributed by atoms with Crippen molar-refractivity contribution in [2.24, 2.45) is 10.9 Å². The second-order valence-electron chi connectivity index (χ2n) is 5.60. The van der Waals surface area contributed by atoms with Crippen molar-refractivity contribution in [1.82, 2.24) is 4.98 Å². The molecule has 0 N–H and O–H groups in total. The molecule has 9 heteroatoms. The molecule has 0 radical (unpaired) electrons. The number of rotatable bonds is 4. The van der Waals surface area contributed by atoms with Crippen LogP contribution in [0.5, 0.6) is 0 Å². The number of aromatic nitrogens is 1. The molecule has 2 heterocycles. The van der Waals surface area contributed by atoms with Crippen molar-refractivity contribution in [3.05, 3.63) is 28.3 Å². The Hall–Kier alpha value is -1.64. The largest absolute Gasteiger partial charge is 0.465 e. The zero-order valence-electron chi connectivity index (χ0n) is 13.3. The fourth-order valence-corrected chi connectivity index (χ4v) is 3.37. The first-order chi connectivity index (χ1) is 11.2. The van der Waals surface area contributed by atoms with Crippen LogP contribution in [0, 0.1) is 11.9 Å². The average Bonchev–Trinajstić information content (AvgIpc) is 2.98. The third kappa shape index (κ3) is 3.71. The van der Waals surface area contributed by atoms with Crippen molar-refractivity contribution in [1.29, 1.82) is 0 Å². The molecule has 132 valence electrons. The van der Waals surface area contributed by atoms with E-state index < -0.39 is 29.4 Å². The highest BCUT2D eigenvalue weighted by Crippen LogP contribution is 2.38. The van der Waals surface area contributed by atoms with Gasteiger partial charge in [0.15, 0.2) is 5.69 Å². The molecule has 0 fully saturated rings. The van der Waals surface area contributed by atoms with Gasteiger partial charge in [0, 0.05) is 17.9 Å². The Morgan fingerprint density at radius 3 is 2.50 bits per heavy atom. The molecule has 0 unspecified atom stereocenters. The number of aliphatic imine (C=N–C) groups is 1. The first kappa shape index (κ1) is 18.7. The second kappa shape index (κ2) is 7.08. The van der Waals surface area contributed by atoms with Gasteiger partial charge >= 0.3 is 12.1 Å².